The molecule has 0 fully saturated rings. The Labute approximate surface area is 89.9 Å². The van der Waals surface area contributed by atoms with Crippen LogP contribution in [0.15, 0.2) is 12.1 Å². The number of anilines is 1. The van der Waals surface area contributed by atoms with E-state index in [2.05, 4.69) is 0 Å². The molecular formula is C9H7N3O4. The van der Waals surface area contributed by atoms with Gasteiger partial charge in [0.25, 0.3) is 5.69 Å². The molecule has 82 valence electrons. The predicted molar refractivity (Wildman–Crippen MR) is 53.6 cm³/mol. The standard InChI is InChI=1S/C9H7N3O4/c10-4-5-1-2-7(12(15)16)9(11)6(5)3-8(13)14/h1-2H,3,11H2,(H,13,14). The molecule has 0 atom stereocenters. The summed E-state index contributed by atoms with van der Waals surface area (Å²) in [7, 11) is 0. The third kappa shape index (κ3) is 2.06. The molecule has 1 rings (SSSR count). The molecule has 0 aromatic heterocycles. The summed E-state index contributed by atoms with van der Waals surface area (Å²) in [6.45, 7) is 0. The molecule has 0 aliphatic heterocycles. The van der Waals surface area contributed by atoms with E-state index in [1.807, 2.05) is 0 Å². The Morgan fingerprint density at radius 2 is 2.25 bits per heavy atom. The summed E-state index contributed by atoms with van der Waals surface area (Å²) in [4.78, 5) is 20.4. The fraction of sp³-hybridized carbons (Fsp3) is 0.111. The highest BCUT2D eigenvalue weighted by Crippen LogP contribution is 2.28. The molecule has 1 aromatic carbocycles. The Morgan fingerprint density at radius 1 is 1.62 bits per heavy atom. The second-order valence-corrected chi connectivity index (χ2v) is 2.96. The fourth-order valence-corrected chi connectivity index (χ4v) is 1.26. The minimum absolute atomic E-state index is 0.0239. The molecule has 3 N–H and O–H groups in total. The van der Waals surface area contributed by atoms with Gasteiger partial charge in [0, 0.05) is 11.6 Å². The molecule has 0 spiro atoms. The van der Waals surface area contributed by atoms with E-state index < -0.39 is 23.0 Å². The summed E-state index contributed by atoms with van der Waals surface area (Å²) in [5.41, 5.74) is 4.80. The summed E-state index contributed by atoms with van der Waals surface area (Å²) in [6, 6.07) is 4.01. The van der Waals surface area contributed by atoms with Gasteiger partial charge < -0.3 is 10.8 Å². The van der Waals surface area contributed by atoms with Gasteiger partial charge >= 0.3 is 5.97 Å². The quantitative estimate of drug-likeness (QED) is 0.438. The molecular weight excluding hydrogens is 214 g/mol. The number of rotatable bonds is 3. The van der Waals surface area contributed by atoms with Gasteiger partial charge in [0.15, 0.2) is 0 Å². The monoisotopic (exact) mass is 221 g/mol. The largest absolute Gasteiger partial charge is 0.481 e. The highest BCUT2D eigenvalue weighted by molar-refractivity contribution is 5.78. The lowest BCUT2D eigenvalue weighted by Crippen LogP contribution is -2.08. The Kier molecular flexibility index (Phi) is 3.06. The Balaban J connectivity index is 3.41. The highest BCUT2D eigenvalue weighted by Gasteiger charge is 2.19. The molecule has 0 aliphatic rings. The van der Waals surface area contributed by atoms with Crippen LogP contribution in [-0.4, -0.2) is 16.0 Å². The molecule has 7 heteroatoms. The number of carboxylic acids is 1. The number of hydrogen-bond acceptors (Lipinski definition) is 5. The lowest BCUT2D eigenvalue weighted by molar-refractivity contribution is -0.383. The van der Waals surface area contributed by atoms with Crippen molar-refractivity contribution in [3.63, 3.8) is 0 Å². The van der Waals surface area contributed by atoms with Crippen molar-refractivity contribution in [2.75, 3.05) is 5.73 Å². The molecule has 7 nitrogen and oxygen atoms in total. The van der Waals surface area contributed by atoms with Crippen molar-refractivity contribution in [1.82, 2.24) is 0 Å². The van der Waals surface area contributed by atoms with Crippen LogP contribution in [0.3, 0.4) is 0 Å². The smallest absolute Gasteiger partial charge is 0.307 e. The number of carbonyl (C=O) groups is 1. The number of hydrogen-bond donors (Lipinski definition) is 2. The van der Waals surface area contributed by atoms with E-state index in [0.717, 1.165) is 6.07 Å². The van der Waals surface area contributed by atoms with E-state index in [-0.39, 0.29) is 16.8 Å². The molecule has 0 amide bonds. The molecule has 0 bridgehead atoms. The summed E-state index contributed by atoms with van der Waals surface area (Å²) < 4.78 is 0. The molecule has 0 unspecified atom stereocenters. The number of nitrogens with two attached hydrogens (primary N) is 1. The number of nitriles is 1. The Hall–Kier alpha value is -2.62. The molecule has 0 radical (unpaired) electrons. The number of nitrogen functional groups attached to an aromatic ring is 1. The number of nitro benzene ring substituents is 1. The van der Waals surface area contributed by atoms with Gasteiger partial charge in [0.05, 0.1) is 23.0 Å². The molecule has 0 saturated heterocycles. The van der Waals surface area contributed by atoms with Crippen LogP contribution in [-0.2, 0) is 11.2 Å². The van der Waals surface area contributed by atoms with Crippen LogP contribution in [0.25, 0.3) is 0 Å². The van der Waals surface area contributed by atoms with Crippen molar-refractivity contribution in [1.29, 1.82) is 5.26 Å². The lowest BCUT2D eigenvalue weighted by Gasteiger charge is -2.05. The first-order valence-corrected chi connectivity index (χ1v) is 4.15. The summed E-state index contributed by atoms with van der Waals surface area (Å²) in [6.07, 6.45) is -0.517. The van der Waals surface area contributed by atoms with E-state index in [1.165, 1.54) is 6.07 Å². The first-order chi connectivity index (χ1) is 7.47. The second-order valence-electron chi connectivity index (χ2n) is 2.96. The van der Waals surface area contributed by atoms with Gasteiger partial charge in [-0.15, -0.1) is 0 Å². The maximum absolute atomic E-state index is 10.6. The molecule has 16 heavy (non-hydrogen) atoms. The number of aliphatic carboxylic acids is 1. The van der Waals surface area contributed by atoms with Crippen molar-refractivity contribution in [2.24, 2.45) is 0 Å². The first kappa shape index (κ1) is 11.5. The molecule has 0 aliphatic carbocycles. The number of nitro groups is 1. The molecule has 0 heterocycles. The number of nitrogens with zero attached hydrogens (tertiary/aromatic N) is 2. The average molecular weight is 221 g/mol. The summed E-state index contributed by atoms with van der Waals surface area (Å²) in [5, 5.41) is 27.9. The van der Waals surface area contributed by atoms with Crippen molar-refractivity contribution in [3.05, 3.63) is 33.4 Å². The number of carboxylic acid groups (broad SMARTS) is 1. The average Bonchev–Trinajstić information content (AvgIpc) is 2.19. The Bertz CT molecular complexity index is 504. The minimum Gasteiger partial charge on any atom is -0.481 e. The summed E-state index contributed by atoms with van der Waals surface area (Å²) in [5.74, 6) is -1.20. The van der Waals surface area contributed by atoms with E-state index in [0.29, 0.717) is 0 Å². The number of benzene rings is 1. The topological polar surface area (TPSA) is 130 Å². The third-order valence-corrected chi connectivity index (χ3v) is 1.98. The van der Waals surface area contributed by atoms with Crippen LogP contribution >= 0.6 is 0 Å². The minimum atomic E-state index is -1.20. The lowest BCUT2D eigenvalue weighted by atomic mass is 10.0. The van der Waals surface area contributed by atoms with Crippen LogP contribution in [0.4, 0.5) is 11.4 Å². The van der Waals surface area contributed by atoms with Crippen molar-refractivity contribution >= 4 is 17.3 Å². The van der Waals surface area contributed by atoms with E-state index >= 15 is 0 Å². The third-order valence-electron chi connectivity index (χ3n) is 1.98. The van der Waals surface area contributed by atoms with Gasteiger partial charge in [-0.3, -0.25) is 14.9 Å². The zero-order valence-corrected chi connectivity index (χ0v) is 8.01. The fourth-order valence-electron chi connectivity index (χ4n) is 1.26. The van der Waals surface area contributed by atoms with Crippen LogP contribution in [0.1, 0.15) is 11.1 Å². The summed E-state index contributed by atoms with van der Waals surface area (Å²) >= 11 is 0. The van der Waals surface area contributed by atoms with E-state index in [4.69, 9.17) is 16.1 Å². The van der Waals surface area contributed by atoms with Gasteiger partial charge in [0.2, 0.25) is 0 Å². The zero-order valence-electron chi connectivity index (χ0n) is 8.01. The van der Waals surface area contributed by atoms with Crippen molar-refractivity contribution in [2.45, 2.75) is 6.42 Å². The van der Waals surface area contributed by atoms with Crippen LogP contribution in [0.2, 0.25) is 0 Å². The van der Waals surface area contributed by atoms with Crippen LogP contribution < -0.4 is 5.73 Å². The van der Waals surface area contributed by atoms with Crippen LogP contribution in [0, 0.1) is 21.4 Å². The van der Waals surface area contributed by atoms with Crippen molar-refractivity contribution < 1.29 is 14.8 Å². The van der Waals surface area contributed by atoms with Gasteiger partial charge in [-0.2, -0.15) is 5.26 Å². The van der Waals surface area contributed by atoms with Gasteiger partial charge in [-0.1, -0.05) is 0 Å². The van der Waals surface area contributed by atoms with Crippen LogP contribution in [0.5, 0.6) is 0 Å². The van der Waals surface area contributed by atoms with Gasteiger partial charge in [-0.05, 0) is 6.07 Å². The van der Waals surface area contributed by atoms with Gasteiger partial charge in [-0.25, -0.2) is 0 Å². The normalized spacial score (nSPS) is 9.44. The Morgan fingerprint density at radius 3 is 2.69 bits per heavy atom. The maximum atomic E-state index is 10.6. The predicted octanol–water partition coefficient (Wildman–Crippen LogP) is 0.676. The van der Waals surface area contributed by atoms with E-state index in [1.54, 1.807) is 6.07 Å². The zero-order chi connectivity index (χ0) is 12.3. The first-order valence-electron chi connectivity index (χ1n) is 4.15. The highest BCUT2D eigenvalue weighted by atomic mass is 16.6. The SMILES string of the molecule is N#Cc1ccc([N+](=O)[O-])c(N)c1CC(=O)O. The van der Waals surface area contributed by atoms with Gasteiger partial charge in [0.1, 0.15) is 5.69 Å². The molecule has 0 saturated carbocycles. The maximum Gasteiger partial charge on any atom is 0.307 e. The molecule has 1 aromatic rings. The van der Waals surface area contributed by atoms with Crippen molar-refractivity contribution in [3.8, 4) is 6.07 Å². The second kappa shape index (κ2) is 4.27. The van der Waals surface area contributed by atoms with E-state index in [9.17, 15) is 14.9 Å².